The van der Waals surface area contributed by atoms with Gasteiger partial charge in [-0.25, -0.2) is 0 Å². The Labute approximate surface area is 75.6 Å². The average Bonchev–Trinajstić information content (AvgIpc) is 2.02. The minimum atomic E-state index is -1.33. The molecule has 0 aromatic heterocycles. The third-order valence-electron chi connectivity index (χ3n) is 1.63. The van der Waals surface area contributed by atoms with Crippen molar-refractivity contribution < 1.29 is 19.8 Å². The Morgan fingerprint density at radius 1 is 1.23 bits per heavy atom. The summed E-state index contributed by atoms with van der Waals surface area (Å²) in [6.45, 7) is 0. The van der Waals surface area contributed by atoms with Gasteiger partial charge in [-0.2, -0.15) is 5.26 Å². The summed E-state index contributed by atoms with van der Waals surface area (Å²) < 4.78 is 0. The van der Waals surface area contributed by atoms with Crippen molar-refractivity contribution in [2.75, 3.05) is 0 Å². The quantitative estimate of drug-likeness (QED) is 0.472. The predicted molar refractivity (Wildman–Crippen MR) is 42.8 cm³/mol. The molecule has 0 aromatic rings. The van der Waals surface area contributed by atoms with E-state index in [-0.39, 0.29) is 6.42 Å². The van der Waals surface area contributed by atoms with Crippen molar-refractivity contribution in [3.8, 4) is 6.07 Å². The average molecular weight is 185 g/mol. The zero-order valence-corrected chi connectivity index (χ0v) is 7.06. The topological polar surface area (TPSA) is 98.4 Å². The number of carbonyl (C=O) groups is 2. The van der Waals surface area contributed by atoms with E-state index < -0.39 is 17.9 Å². The van der Waals surface area contributed by atoms with Crippen molar-refractivity contribution in [1.82, 2.24) is 0 Å². The van der Waals surface area contributed by atoms with Gasteiger partial charge in [-0.1, -0.05) is 6.42 Å². The third kappa shape index (κ3) is 4.80. The molecule has 0 amide bonds. The maximum absolute atomic E-state index is 10.4. The summed E-state index contributed by atoms with van der Waals surface area (Å²) >= 11 is 0. The first kappa shape index (κ1) is 11.4. The second-order valence-corrected chi connectivity index (χ2v) is 2.63. The van der Waals surface area contributed by atoms with Crippen LogP contribution in [0.15, 0.2) is 0 Å². The number of aliphatic carboxylic acids is 2. The van der Waals surface area contributed by atoms with Gasteiger partial charge in [-0.05, 0) is 12.8 Å². The molecule has 0 saturated carbocycles. The smallest absolute Gasteiger partial charge is 0.317 e. The lowest BCUT2D eigenvalue weighted by Gasteiger charge is -2.04. The van der Waals surface area contributed by atoms with Gasteiger partial charge in [0.25, 0.3) is 0 Å². The molecule has 0 atom stereocenters. The van der Waals surface area contributed by atoms with Crippen LogP contribution in [0.3, 0.4) is 0 Å². The molecule has 0 spiro atoms. The number of carboxylic acids is 2. The lowest BCUT2D eigenvalue weighted by atomic mass is 10.0. The second-order valence-electron chi connectivity index (χ2n) is 2.63. The molecule has 0 bridgehead atoms. The van der Waals surface area contributed by atoms with Crippen LogP contribution in [-0.4, -0.2) is 22.2 Å². The predicted octanol–water partition coefficient (Wildman–Crippen LogP) is 0.856. The van der Waals surface area contributed by atoms with Gasteiger partial charge in [-0.15, -0.1) is 0 Å². The molecule has 5 nitrogen and oxygen atoms in total. The maximum atomic E-state index is 10.4. The molecule has 72 valence electrons. The van der Waals surface area contributed by atoms with E-state index in [2.05, 4.69) is 0 Å². The number of nitriles is 1. The SMILES string of the molecule is N#CCCCCC(C(=O)O)C(=O)O. The van der Waals surface area contributed by atoms with E-state index in [1.165, 1.54) is 0 Å². The van der Waals surface area contributed by atoms with E-state index in [1.54, 1.807) is 0 Å². The van der Waals surface area contributed by atoms with Crippen molar-refractivity contribution in [1.29, 1.82) is 5.26 Å². The van der Waals surface area contributed by atoms with Gasteiger partial charge < -0.3 is 10.2 Å². The van der Waals surface area contributed by atoms with Crippen LogP contribution in [0, 0.1) is 17.2 Å². The molecule has 0 aliphatic heterocycles. The van der Waals surface area contributed by atoms with Crippen LogP contribution in [0.5, 0.6) is 0 Å². The van der Waals surface area contributed by atoms with Crippen LogP contribution in [0.25, 0.3) is 0 Å². The van der Waals surface area contributed by atoms with Gasteiger partial charge in [0.2, 0.25) is 0 Å². The summed E-state index contributed by atoms with van der Waals surface area (Å²) in [7, 11) is 0. The van der Waals surface area contributed by atoms with Gasteiger partial charge in [0.05, 0.1) is 6.07 Å². The van der Waals surface area contributed by atoms with Crippen LogP contribution >= 0.6 is 0 Å². The summed E-state index contributed by atoms with van der Waals surface area (Å²) in [6.07, 6.45) is 1.43. The van der Waals surface area contributed by atoms with Crippen LogP contribution in [0.4, 0.5) is 0 Å². The van der Waals surface area contributed by atoms with E-state index in [9.17, 15) is 9.59 Å². The first-order valence-electron chi connectivity index (χ1n) is 3.92. The van der Waals surface area contributed by atoms with E-state index in [1.807, 2.05) is 6.07 Å². The van der Waals surface area contributed by atoms with E-state index >= 15 is 0 Å². The second kappa shape index (κ2) is 6.00. The number of rotatable bonds is 6. The molecule has 0 aromatic carbocycles. The van der Waals surface area contributed by atoms with Crippen molar-refractivity contribution in [2.45, 2.75) is 25.7 Å². The molecule has 0 rings (SSSR count). The minimum Gasteiger partial charge on any atom is -0.481 e. The van der Waals surface area contributed by atoms with Crippen molar-refractivity contribution in [2.24, 2.45) is 5.92 Å². The van der Waals surface area contributed by atoms with Gasteiger partial charge in [-0.3, -0.25) is 9.59 Å². The van der Waals surface area contributed by atoms with E-state index in [0.717, 1.165) is 0 Å². The third-order valence-corrected chi connectivity index (χ3v) is 1.63. The van der Waals surface area contributed by atoms with Crippen LogP contribution in [0.2, 0.25) is 0 Å². The largest absolute Gasteiger partial charge is 0.481 e. The summed E-state index contributed by atoms with van der Waals surface area (Å²) in [5, 5.41) is 25.1. The highest BCUT2D eigenvalue weighted by Gasteiger charge is 2.24. The van der Waals surface area contributed by atoms with Gasteiger partial charge in [0.15, 0.2) is 5.92 Å². The molecule has 0 aliphatic rings. The van der Waals surface area contributed by atoms with Crippen molar-refractivity contribution in [3.63, 3.8) is 0 Å². The Kier molecular flexibility index (Phi) is 5.28. The molecule has 2 N–H and O–H groups in total. The van der Waals surface area contributed by atoms with E-state index in [4.69, 9.17) is 15.5 Å². The highest BCUT2D eigenvalue weighted by atomic mass is 16.4. The highest BCUT2D eigenvalue weighted by molar-refractivity contribution is 5.92. The van der Waals surface area contributed by atoms with Crippen LogP contribution in [-0.2, 0) is 9.59 Å². The Balaban J connectivity index is 3.79. The fourth-order valence-electron chi connectivity index (χ4n) is 0.905. The molecule has 0 heterocycles. The normalized spacial score (nSPS) is 9.54. The number of carboxylic acid groups (broad SMARTS) is 2. The molecule has 0 unspecified atom stereocenters. The number of hydrogen-bond acceptors (Lipinski definition) is 3. The molecule has 0 saturated heterocycles. The zero-order valence-electron chi connectivity index (χ0n) is 7.06. The first-order chi connectivity index (χ1) is 6.09. The van der Waals surface area contributed by atoms with E-state index in [0.29, 0.717) is 19.3 Å². The van der Waals surface area contributed by atoms with Crippen molar-refractivity contribution >= 4 is 11.9 Å². The Hall–Kier alpha value is -1.57. The standard InChI is InChI=1S/C8H11NO4/c9-5-3-1-2-4-6(7(10)11)8(12)13/h6H,1-4H2,(H,10,11)(H,12,13). The highest BCUT2D eigenvalue weighted by Crippen LogP contribution is 2.10. The summed E-state index contributed by atoms with van der Waals surface area (Å²) in [5.41, 5.74) is 0. The molecule has 0 fully saturated rings. The fourth-order valence-corrected chi connectivity index (χ4v) is 0.905. The Morgan fingerprint density at radius 3 is 2.15 bits per heavy atom. The molecule has 13 heavy (non-hydrogen) atoms. The minimum absolute atomic E-state index is 0.0896. The molecule has 5 heteroatoms. The fraction of sp³-hybridized carbons (Fsp3) is 0.625. The summed E-state index contributed by atoms with van der Waals surface area (Å²) in [6, 6.07) is 1.91. The summed E-state index contributed by atoms with van der Waals surface area (Å²) in [4.78, 5) is 20.7. The first-order valence-corrected chi connectivity index (χ1v) is 3.92. The van der Waals surface area contributed by atoms with Gasteiger partial charge in [0.1, 0.15) is 0 Å². The zero-order chi connectivity index (χ0) is 10.3. The molecular weight excluding hydrogens is 174 g/mol. The summed E-state index contributed by atoms with van der Waals surface area (Å²) in [5.74, 6) is -3.97. The number of hydrogen-bond donors (Lipinski definition) is 2. The van der Waals surface area contributed by atoms with Gasteiger partial charge in [0, 0.05) is 6.42 Å². The molecule has 0 radical (unpaired) electrons. The Bertz CT molecular complexity index is 217. The van der Waals surface area contributed by atoms with Crippen LogP contribution in [0.1, 0.15) is 25.7 Å². The Morgan fingerprint density at radius 2 is 1.77 bits per heavy atom. The number of nitrogens with zero attached hydrogens (tertiary/aromatic N) is 1. The van der Waals surface area contributed by atoms with Crippen molar-refractivity contribution in [3.05, 3.63) is 0 Å². The monoisotopic (exact) mass is 185 g/mol. The lowest BCUT2D eigenvalue weighted by molar-refractivity contribution is -0.154. The van der Waals surface area contributed by atoms with Crippen LogP contribution < -0.4 is 0 Å². The lowest BCUT2D eigenvalue weighted by Crippen LogP contribution is -2.23. The van der Waals surface area contributed by atoms with Gasteiger partial charge >= 0.3 is 11.9 Å². The molecular formula is C8H11NO4. The maximum Gasteiger partial charge on any atom is 0.317 e. The molecule has 0 aliphatic carbocycles. The number of unbranched alkanes of at least 4 members (excludes halogenated alkanes) is 2.